The standard InChI is InChI=1S/C28H27NO5/c1-19-8-6-7-11-22(19)18-34-23-14-12-20(13-15-23)25-24(26(30)21-9-4-3-5-10-21)27(31)28(32)29(25)16-17-33-2/h3-15,25,30H,16-18H2,1-2H3/b26-24-. The first-order valence-corrected chi connectivity index (χ1v) is 11.1. The summed E-state index contributed by atoms with van der Waals surface area (Å²) in [5, 5.41) is 11.0. The maximum atomic E-state index is 13.0. The fraction of sp³-hybridized carbons (Fsp3) is 0.214. The van der Waals surface area contributed by atoms with E-state index >= 15 is 0 Å². The average molecular weight is 458 g/mol. The summed E-state index contributed by atoms with van der Waals surface area (Å²) in [7, 11) is 1.54. The lowest BCUT2D eigenvalue weighted by Gasteiger charge is -2.25. The second-order valence-electron chi connectivity index (χ2n) is 8.14. The number of ketones is 1. The van der Waals surface area contributed by atoms with Crippen LogP contribution in [0.25, 0.3) is 5.76 Å². The van der Waals surface area contributed by atoms with Gasteiger partial charge < -0.3 is 19.5 Å². The minimum absolute atomic E-state index is 0.0703. The molecule has 0 radical (unpaired) electrons. The Labute approximate surface area is 199 Å². The molecule has 3 aromatic carbocycles. The predicted molar refractivity (Wildman–Crippen MR) is 129 cm³/mol. The average Bonchev–Trinajstić information content (AvgIpc) is 3.12. The van der Waals surface area contributed by atoms with Gasteiger partial charge in [0.1, 0.15) is 18.1 Å². The normalized spacial score (nSPS) is 17.2. The van der Waals surface area contributed by atoms with E-state index in [1.54, 1.807) is 24.3 Å². The third-order valence-corrected chi connectivity index (χ3v) is 5.97. The van der Waals surface area contributed by atoms with E-state index in [1.807, 2.05) is 61.5 Å². The summed E-state index contributed by atoms with van der Waals surface area (Å²) in [5.41, 5.74) is 3.51. The molecule has 1 fully saturated rings. The molecule has 1 aliphatic rings. The van der Waals surface area contributed by atoms with Crippen LogP contribution in [0, 0.1) is 6.92 Å². The van der Waals surface area contributed by atoms with Crippen molar-refractivity contribution in [2.45, 2.75) is 19.6 Å². The van der Waals surface area contributed by atoms with Gasteiger partial charge in [0.25, 0.3) is 11.7 Å². The van der Waals surface area contributed by atoms with E-state index in [0.717, 1.165) is 11.1 Å². The molecule has 4 rings (SSSR count). The van der Waals surface area contributed by atoms with Crippen molar-refractivity contribution in [1.82, 2.24) is 4.90 Å². The number of carbonyl (C=O) groups excluding carboxylic acids is 2. The Hall–Kier alpha value is -3.90. The lowest BCUT2D eigenvalue weighted by atomic mass is 9.95. The maximum Gasteiger partial charge on any atom is 0.295 e. The van der Waals surface area contributed by atoms with Crippen LogP contribution in [0.15, 0.2) is 84.4 Å². The van der Waals surface area contributed by atoms with Gasteiger partial charge in [0.2, 0.25) is 0 Å². The fourth-order valence-electron chi connectivity index (χ4n) is 4.08. The van der Waals surface area contributed by atoms with Gasteiger partial charge in [-0.3, -0.25) is 9.59 Å². The number of methoxy groups -OCH3 is 1. The van der Waals surface area contributed by atoms with Crippen molar-refractivity contribution in [2.75, 3.05) is 20.3 Å². The lowest BCUT2D eigenvalue weighted by Crippen LogP contribution is -2.32. The van der Waals surface area contributed by atoms with Gasteiger partial charge in [-0.2, -0.15) is 0 Å². The van der Waals surface area contributed by atoms with Crippen molar-refractivity contribution in [3.05, 3.63) is 107 Å². The summed E-state index contributed by atoms with van der Waals surface area (Å²) < 4.78 is 11.1. The molecular formula is C28H27NO5. The monoisotopic (exact) mass is 457 g/mol. The highest BCUT2D eigenvalue weighted by Gasteiger charge is 2.45. The zero-order valence-corrected chi connectivity index (χ0v) is 19.2. The Morgan fingerprint density at radius 1 is 0.941 bits per heavy atom. The number of ether oxygens (including phenoxy) is 2. The van der Waals surface area contributed by atoms with Crippen LogP contribution >= 0.6 is 0 Å². The SMILES string of the molecule is COCCN1C(=O)C(=O)/C(=C(\O)c2ccccc2)C1c1ccc(OCc2ccccc2C)cc1. The topological polar surface area (TPSA) is 76.1 Å². The van der Waals surface area contributed by atoms with Gasteiger partial charge in [-0.15, -0.1) is 0 Å². The molecule has 1 atom stereocenters. The van der Waals surface area contributed by atoms with Gasteiger partial charge in [0, 0.05) is 19.2 Å². The molecular weight excluding hydrogens is 430 g/mol. The van der Waals surface area contributed by atoms with Crippen LogP contribution in [0.4, 0.5) is 0 Å². The molecule has 34 heavy (non-hydrogen) atoms. The van der Waals surface area contributed by atoms with Crippen LogP contribution < -0.4 is 4.74 Å². The van der Waals surface area contributed by atoms with E-state index < -0.39 is 17.7 Å². The van der Waals surface area contributed by atoms with Crippen LogP contribution in [-0.4, -0.2) is 42.0 Å². The molecule has 0 bridgehead atoms. The molecule has 174 valence electrons. The third-order valence-electron chi connectivity index (χ3n) is 5.97. The van der Waals surface area contributed by atoms with Crippen LogP contribution in [0.1, 0.15) is 28.3 Å². The number of rotatable bonds is 8. The Balaban J connectivity index is 1.66. The van der Waals surface area contributed by atoms with E-state index in [4.69, 9.17) is 9.47 Å². The van der Waals surface area contributed by atoms with Crippen LogP contribution in [0.5, 0.6) is 5.75 Å². The Bertz CT molecular complexity index is 1200. The second-order valence-corrected chi connectivity index (χ2v) is 8.14. The number of aliphatic hydroxyl groups is 1. The van der Waals surface area contributed by atoms with E-state index in [2.05, 4.69) is 0 Å². The van der Waals surface area contributed by atoms with Crippen LogP contribution in [-0.2, 0) is 20.9 Å². The zero-order chi connectivity index (χ0) is 24.1. The minimum Gasteiger partial charge on any atom is -0.507 e. The minimum atomic E-state index is -0.722. The van der Waals surface area contributed by atoms with Crippen LogP contribution in [0.3, 0.4) is 0 Å². The first kappa shape index (κ1) is 23.3. The molecule has 1 heterocycles. The largest absolute Gasteiger partial charge is 0.507 e. The number of likely N-dealkylation sites (tertiary alicyclic amines) is 1. The number of carbonyl (C=O) groups is 2. The van der Waals surface area contributed by atoms with E-state index in [0.29, 0.717) is 23.5 Å². The smallest absolute Gasteiger partial charge is 0.295 e. The second kappa shape index (κ2) is 10.4. The highest BCUT2D eigenvalue weighted by Crippen LogP contribution is 2.39. The third kappa shape index (κ3) is 4.72. The quantitative estimate of drug-likeness (QED) is 0.303. The fourth-order valence-corrected chi connectivity index (χ4v) is 4.08. The molecule has 1 aliphatic heterocycles. The maximum absolute atomic E-state index is 13.0. The summed E-state index contributed by atoms with van der Waals surface area (Å²) in [4.78, 5) is 27.3. The molecule has 0 aliphatic carbocycles. The van der Waals surface area contributed by atoms with E-state index in [-0.39, 0.29) is 24.5 Å². The highest BCUT2D eigenvalue weighted by atomic mass is 16.5. The van der Waals surface area contributed by atoms with E-state index in [9.17, 15) is 14.7 Å². The number of aryl methyl sites for hydroxylation is 1. The molecule has 6 nitrogen and oxygen atoms in total. The van der Waals surface area contributed by atoms with Gasteiger partial charge in [0.05, 0.1) is 18.2 Å². The van der Waals surface area contributed by atoms with Gasteiger partial charge >= 0.3 is 0 Å². The molecule has 6 heteroatoms. The molecule has 0 saturated carbocycles. The van der Waals surface area contributed by atoms with Gasteiger partial charge in [-0.1, -0.05) is 66.7 Å². The van der Waals surface area contributed by atoms with Gasteiger partial charge in [-0.05, 0) is 35.7 Å². The molecule has 0 aromatic heterocycles. The summed E-state index contributed by atoms with van der Waals surface area (Å²) >= 11 is 0. The summed E-state index contributed by atoms with van der Waals surface area (Å²) in [6, 6.07) is 23.3. The Morgan fingerprint density at radius 2 is 1.62 bits per heavy atom. The van der Waals surface area contributed by atoms with Crippen molar-refractivity contribution < 1.29 is 24.2 Å². The summed E-state index contributed by atoms with van der Waals surface area (Å²) in [6.07, 6.45) is 0. The number of nitrogens with zero attached hydrogens (tertiary/aromatic N) is 1. The molecule has 1 amide bonds. The molecule has 3 aromatic rings. The Morgan fingerprint density at radius 3 is 2.29 bits per heavy atom. The predicted octanol–water partition coefficient (Wildman–Crippen LogP) is 4.64. The highest BCUT2D eigenvalue weighted by molar-refractivity contribution is 6.46. The number of aliphatic hydroxyl groups excluding tert-OH is 1. The first-order chi connectivity index (χ1) is 16.5. The molecule has 1 saturated heterocycles. The van der Waals surface area contributed by atoms with E-state index in [1.165, 1.54) is 12.0 Å². The van der Waals surface area contributed by atoms with Crippen molar-refractivity contribution in [2.24, 2.45) is 0 Å². The number of Topliss-reactive ketones (excluding diaryl/α,β-unsaturated/α-hetero) is 1. The van der Waals surface area contributed by atoms with Gasteiger partial charge in [0.15, 0.2) is 0 Å². The zero-order valence-electron chi connectivity index (χ0n) is 19.2. The van der Waals surface area contributed by atoms with Crippen LogP contribution in [0.2, 0.25) is 0 Å². The summed E-state index contributed by atoms with van der Waals surface area (Å²) in [5.74, 6) is -0.880. The summed E-state index contributed by atoms with van der Waals surface area (Å²) in [6.45, 7) is 2.97. The number of hydrogen-bond acceptors (Lipinski definition) is 5. The van der Waals surface area contributed by atoms with Crippen molar-refractivity contribution in [3.8, 4) is 5.75 Å². The number of amides is 1. The molecule has 0 spiro atoms. The molecule has 1 N–H and O–H groups in total. The van der Waals surface area contributed by atoms with Gasteiger partial charge in [-0.25, -0.2) is 0 Å². The van der Waals surface area contributed by atoms with Crippen molar-refractivity contribution in [3.63, 3.8) is 0 Å². The lowest BCUT2D eigenvalue weighted by molar-refractivity contribution is -0.140. The number of hydrogen-bond donors (Lipinski definition) is 1. The van der Waals surface area contributed by atoms with Crippen molar-refractivity contribution in [1.29, 1.82) is 0 Å². The van der Waals surface area contributed by atoms with Crippen molar-refractivity contribution >= 4 is 17.4 Å². The number of benzene rings is 3. The Kier molecular flexibility index (Phi) is 7.09. The first-order valence-electron chi connectivity index (χ1n) is 11.1. The molecule has 1 unspecified atom stereocenters.